The number of nitrogens with zero attached hydrogens (tertiary/aromatic N) is 1. The highest BCUT2D eigenvalue weighted by Crippen LogP contribution is 2.10. The van der Waals surface area contributed by atoms with Gasteiger partial charge in [-0.1, -0.05) is 64.7 Å². The van der Waals surface area contributed by atoms with E-state index in [0.717, 1.165) is 19.4 Å². The van der Waals surface area contributed by atoms with E-state index in [2.05, 4.69) is 6.92 Å². The Morgan fingerprint density at radius 3 is 1.83 bits per heavy atom. The number of carboxylic acid groups (broad SMARTS) is 1. The summed E-state index contributed by atoms with van der Waals surface area (Å²) in [7, 11) is 3.62. The fraction of sp³-hybridized carbons (Fsp3) is 0.947. The van der Waals surface area contributed by atoms with E-state index in [-0.39, 0.29) is 0 Å². The molecule has 0 heterocycles. The molecule has 0 bridgehead atoms. The van der Waals surface area contributed by atoms with Gasteiger partial charge in [0, 0.05) is 13.2 Å². The van der Waals surface area contributed by atoms with E-state index in [9.17, 15) is 4.79 Å². The minimum absolute atomic E-state index is 0.393. The maximum Gasteiger partial charge on any atom is 0.320 e. The minimum Gasteiger partial charge on any atom is -0.480 e. The van der Waals surface area contributed by atoms with E-state index in [1.807, 2.05) is 14.1 Å². The molecule has 0 aromatic carbocycles. The van der Waals surface area contributed by atoms with Gasteiger partial charge < -0.3 is 9.84 Å². The summed E-state index contributed by atoms with van der Waals surface area (Å²) >= 11 is 0. The molecule has 0 fully saturated rings. The molecule has 1 atom stereocenters. The molecule has 0 spiro atoms. The Kier molecular flexibility index (Phi) is 15.8. The zero-order valence-corrected chi connectivity index (χ0v) is 15.7. The second kappa shape index (κ2) is 16.3. The zero-order valence-electron chi connectivity index (χ0n) is 15.7. The first-order chi connectivity index (χ1) is 11.1. The van der Waals surface area contributed by atoms with Gasteiger partial charge in [-0.3, -0.25) is 9.69 Å². The Balaban J connectivity index is 3.23. The van der Waals surface area contributed by atoms with Crippen molar-refractivity contribution in [1.29, 1.82) is 0 Å². The van der Waals surface area contributed by atoms with Gasteiger partial charge in [0.05, 0.1) is 0 Å². The molecule has 0 radical (unpaired) electrons. The van der Waals surface area contributed by atoms with Crippen LogP contribution in [0.15, 0.2) is 0 Å². The van der Waals surface area contributed by atoms with Crippen LogP contribution < -0.4 is 0 Å². The van der Waals surface area contributed by atoms with Crippen molar-refractivity contribution in [1.82, 2.24) is 4.90 Å². The molecule has 1 N–H and O–H groups in total. The largest absolute Gasteiger partial charge is 0.480 e. The molecule has 4 heteroatoms. The van der Waals surface area contributed by atoms with Crippen LogP contribution in [0.2, 0.25) is 0 Å². The molecule has 0 aromatic rings. The van der Waals surface area contributed by atoms with Crippen molar-refractivity contribution in [2.24, 2.45) is 0 Å². The van der Waals surface area contributed by atoms with Crippen LogP contribution in [0, 0.1) is 0 Å². The van der Waals surface area contributed by atoms with E-state index >= 15 is 0 Å². The summed E-state index contributed by atoms with van der Waals surface area (Å²) in [6.45, 7) is 3.75. The maximum atomic E-state index is 11.0. The van der Waals surface area contributed by atoms with Crippen molar-refractivity contribution in [3.63, 3.8) is 0 Å². The van der Waals surface area contributed by atoms with Gasteiger partial charge in [-0.2, -0.15) is 0 Å². The Bertz CT molecular complexity index is 269. The van der Waals surface area contributed by atoms with Gasteiger partial charge in [0.1, 0.15) is 6.04 Å². The second-order valence-corrected chi connectivity index (χ2v) is 6.75. The molecule has 4 nitrogen and oxygen atoms in total. The first-order valence-corrected chi connectivity index (χ1v) is 9.56. The number of rotatable bonds is 17. The average molecular weight is 330 g/mol. The second-order valence-electron chi connectivity index (χ2n) is 6.75. The van der Waals surface area contributed by atoms with Gasteiger partial charge in [-0.25, -0.2) is 0 Å². The first-order valence-electron chi connectivity index (χ1n) is 9.56. The molecule has 0 aliphatic heterocycles. The van der Waals surface area contributed by atoms with Crippen LogP contribution in [0.5, 0.6) is 0 Å². The van der Waals surface area contributed by atoms with Gasteiger partial charge in [0.25, 0.3) is 0 Å². The molecule has 0 saturated heterocycles. The van der Waals surface area contributed by atoms with Crippen LogP contribution in [-0.2, 0) is 9.53 Å². The van der Waals surface area contributed by atoms with E-state index in [4.69, 9.17) is 9.84 Å². The van der Waals surface area contributed by atoms with Crippen molar-refractivity contribution in [2.45, 2.75) is 90.0 Å². The molecular formula is C19H39NO3. The molecule has 0 aliphatic rings. The number of aliphatic carboxylic acids is 1. The lowest BCUT2D eigenvalue weighted by atomic mass is 10.1. The number of likely N-dealkylation sites (N-methyl/N-ethyl adjacent to an activating group) is 1. The number of ether oxygens (including phenoxy) is 1. The predicted octanol–water partition coefficient (Wildman–Crippen LogP) is 4.72. The van der Waals surface area contributed by atoms with Gasteiger partial charge >= 0.3 is 5.97 Å². The monoisotopic (exact) mass is 329 g/mol. The Morgan fingerprint density at radius 1 is 0.870 bits per heavy atom. The Labute approximate surface area is 143 Å². The normalized spacial score (nSPS) is 12.7. The van der Waals surface area contributed by atoms with E-state index in [0.29, 0.717) is 13.0 Å². The smallest absolute Gasteiger partial charge is 0.320 e. The van der Waals surface area contributed by atoms with E-state index in [1.54, 1.807) is 4.90 Å². The van der Waals surface area contributed by atoms with Gasteiger partial charge in [0.15, 0.2) is 0 Å². The Morgan fingerprint density at radius 2 is 1.35 bits per heavy atom. The van der Waals surface area contributed by atoms with Crippen LogP contribution in [0.4, 0.5) is 0 Å². The zero-order chi connectivity index (χ0) is 17.3. The summed E-state index contributed by atoms with van der Waals surface area (Å²) in [6.07, 6.45) is 14.8. The van der Waals surface area contributed by atoms with Crippen molar-refractivity contribution in [2.75, 3.05) is 27.3 Å². The van der Waals surface area contributed by atoms with E-state index in [1.165, 1.54) is 57.8 Å². The standard InChI is InChI=1S/C19H39NO3/c1-4-5-6-7-8-9-10-11-12-13-16-23-17-14-15-18(19(21)22)20(2)3/h18H,4-17H2,1-3H3,(H,21,22). The number of carbonyl (C=O) groups is 1. The molecule has 0 saturated carbocycles. The summed E-state index contributed by atoms with van der Waals surface area (Å²) < 4.78 is 5.60. The summed E-state index contributed by atoms with van der Waals surface area (Å²) in [5, 5.41) is 9.07. The maximum absolute atomic E-state index is 11.0. The van der Waals surface area contributed by atoms with Crippen molar-refractivity contribution in [3.8, 4) is 0 Å². The van der Waals surface area contributed by atoms with Crippen LogP contribution in [-0.4, -0.2) is 49.3 Å². The molecule has 0 aliphatic carbocycles. The molecule has 0 aromatic heterocycles. The number of hydrogen-bond acceptors (Lipinski definition) is 3. The number of unbranched alkanes of at least 4 members (excludes halogenated alkanes) is 9. The van der Waals surface area contributed by atoms with Crippen molar-refractivity contribution in [3.05, 3.63) is 0 Å². The highest BCUT2D eigenvalue weighted by Gasteiger charge is 2.18. The van der Waals surface area contributed by atoms with Crippen LogP contribution in [0.1, 0.15) is 84.0 Å². The quantitative estimate of drug-likeness (QED) is 0.392. The average Bonchev–Trinajstić information content (AvgIpc) is 2.50. The third-order valence-corrected chi connectivity index (χ3v) is 4.32. The van der Waals surface area contributed by atoms with Crippen LogP contribution >= 0.6 is 0 Å². The summed E-state index contributed by atoms with van der Waals surface area (Å²) in [5.74, 6) is -0.746. The third kappa shape index (κ3) is 14.7. The molecule has 0 amide bonds. The third-order valence-electron chi connectivity index (χ3n) is 4.32. The summed E-state index contributed by atoms with van der Waals surface area (Å²) in [6, 6.07) is -0.393. The lowest BCUT2D eigenvalue weighted by molar-refractivity contribution is -0.142. The molecule has 23 heavy (non-hydrogen) atoms. The molecule has 138 valence electrons. The minimum atomic E-state index is -0.746. The van der Waals surface area contributed by atoms with Crippen molar-refractivity contribution < 1.29 is 14.6 Å². The SMILES string of the molecule is CCCCCCCCCCCCOCCCC(C(=O)O)N(C)C. The predicted molar refractivity (Wildman–Crippen MR) is 97.0 cm³/mol. The van der Waals surface area contributed by atoms with Crippen LogP contribution in [0.25, 0.3) is 0 Å². The van der Waals surface area contributed by atoms with E-state index < -0.39 is 12.0 Å². The first kappa shape index (κ1) is 22.4. The topological polar surface area (TPSA) is 49.8 Å². The van der Waals surface area contributed by atoms with Crippen molar-refractivity contribution >= 4 is 5.97 Å². The highest BCUT2D eigenvalue weighted by atomic mass is 16.5. The summed E-state index contributed by atoms with van der Waals surface area (Å²) in [5.41, 5.74) is 0. The van der Waals surface area contributed by atoms with Crippen LogP contribution in [0.3, 0.4) is 0 Å². The van der Waals surface area contributed by atoms with Gasteiger partial charge in [0.2, 0.25) is 0 Å². The molecule has 1 unspecified atom stereocenters. The lowest BCUT2D eigenvalue weighted by Gasteiger charge is -2.19. The molecule has 0 rings (SSSR count). The van der Waals surface area contributed by atoms with Gasteiger partial charge in [-0.05, 0) is 33.4 Å². The Hall–Kier alpha value is -0.610. The number of hydrogen-bond donors (Lipinski definition) is 1. The fourth-order valence-corrected chi connectivity index (χ4v) is 2.77. The number of carboxylic acids is 1. The van der Waals surface area contributed by atoms with Gasteiger partial charge in [-0.15, -0.1) is 0 Å². The summed E-state index contributed by atoms with van der Waals surface area (Å²) in [4.78, 5) is 12.8. The fourth-order valence-electron chi connectivity index (χ4n) is 2.77. The lowest BCUT2D eigenvalue weighted by Crippen LogP contribution is -2.35. The molecular weight excluding hydrogens is 290 g/mol. The highest BCUT2D eigenvalue weighted by molar-refractivity contribution is 5.73.